The van der Waals surface area contributed by atoms with Gasteiger partial charge in [0.15, 0.2) is 17.8 Å². The van der Waals surface area contributed by atoms with E-state index < -0.39 is 24.2 Å². The van der Waals surface area contributed by atoms with Crippen molar-refractivity contribution in [3.63, 3.8) is 0 Å². The number of nitrogens with two attached hydrogens (primary N) is 1. The number of furan rings is 1. The Hall–Kier alpha value is -2.61. The molecule has 14 nitrogen and oxygen atoms in total. The van der Waals surface area contributed by atoms with Crippen molar-refractivity contribution in [1.29, 1.82) is 0 Å². The molecule has 0 spiro atoms. The molecule has 3 rings (SSSR count). The molecule has 0 aliphatic carbocycles. The summed E-state index contributed by atoms with van der Waals surface area (Å²) < 4.78 is 19.9. The van der Waals surface area contributed by atoms with Crippen LogP contribution >= 0.6 is 19.5 Å². The van der Waals surface area contributed by atoms with Gasteiger partial charge in [0.1, 0.15) is 10.7 Å². The molecule has 0 aromatic carbocycles. The first kappa shape index (κ1) is 26.0. The van der Waals surface area contributed by atoms with E-state index in [4.69, 9.17) is 31.0 Å². The van der Waals surface area contributed by atoms with Crippen LogP contribution in [0.3, 0.4) is 0 Å². The number of hydrogen-bond donors (Lipinski definition) is 3. The fourth-order valence-corrected chi connectivity index (χ4v) is 4.83. The summed E-state index contributed by atoms with van der Waals surface area (Å²) in [5.41, 5.74) is 5.65. The second-order valence-corrected chi connectivity index (χ2v) is 10.2. The van der Waals surface area contributed by atoms with Gasteiger partial charge in [-0.1, -0.05) is 0 Å². The predicted octanol–water partition coefficient (Wildman–Crippen LogP) is 2.10. The van der Waals surface area contributed by atoms with E-state index in [1.165, 1.54) is 18.5 Å². The number of anilines is 1. The van der Waals surface area contributed by atoms with Gasteiger partial charge in [-0.3, -0.25) is 19.9 Å². The second kappa shape index (κ2) is 11.7. The van der Waals surface area contributed by atoms with E-state index in [0.29, 0.717) is 24.6 Å². The zero-order valence-electron chi connectivity index (χ0n) is 18.4. The second-order valence-electron chi connectivity index (χ2n) is 7.31. The summed E-state index contributed by atoms with van der Waals surface area (Å²) in [6.07, 6.45) is 2.83. The topological polar surface area (TPSA) is 188 Å². The Morgan fingerprint density at radius 2 is 2.24 bits per heavy atom. The molecule has 0 radical (unpaired) electrons. The van der Waals surface area contributed by atoms with Crippen molar-refractivity contribution in [2.75, 3.05) is 38.2 Å². The summed E-state index contributed by atoms with van der Waals surface area (Å²) in [6, 6.07) is 2.64. The lowest BCUT2D eigenvalue weighted by Crippen LogP contribution is -2.26. The van der Waals surface area contributed by atoms with E-state index in [0.717, 1.165) is 12.8 Å². The summed E-state index contributed by atoms with van der Waals surface area (Å²) in [5, 5.41) is 10.8. The standard InChI is InChI=1S/C18H25ClN7O7P/c1-24(7-3-2-6-19)34(30,32-10-13-4-5-14(33-13)26(28)29)12-31-9-8-25-11-21-15-16(25)22-18(20)23-17(15)27/h4-5,11,30H,2-3,6-10,12H2,1H3,(H2-,20,22,23,27)/p+1. The number of nitrogen functional groups attached to an aromatic ring is 1. The lowest BCUT2D eigenvalue weighted by Gasteiger charge is -2.26. The van der Waals surface area contributed by atoms with Gasteiger partial charge in [0.05, 0.1) is 19.0 Å². The van der Waals surface area contributed by atoms with Crippen molar-refractivity contribution in [1.82, 2.24) is 24.2 Å². The molecule has 0 saturated heterocycles. The number of aromatic amines is 1. The van der Waals surface area contributed by atoms with Crippen LogP contribution in [0.15, 0.2) is 27.7 Å². The van der Waals surface area contributed by atoms with Gasteiger partial charge in [0, 0.05) is 26.0 Å². The normalized spacial score (nSPS) is 13.5. The quantitative estimate of drug-likeness (QED) is 0.0931. The molecule has 4 N–H and O–H groups in total. The number of hydrogen-bond acceptors (Lipinski definition) is 11. The van der Waals surface area contributed by atoms with Crippen LogP contribution in [0.25, 0.3) is 11.2 Å². The molecular formula is C18H26ClN7O7P+. The Balaban J connectivity index is 1.62. The van der Waals surface area contributed by atoms with Gasteiger partial charge in [-0.25, -0.2) is 4.98 Å². The van der Waals surface area contributed by atoms with Crippen molar-refractivity contribution < 1.29 is 23.5 Å². The minimum Gasteiger partial charge on any atom is -0.403 e. The van der Waals surface area contributed by atoms with E-state index in [1.807, 2.05) is 0 Å². The molecule has 3 aromatic rings. The average Bonchev–Trinajstić information content (AvgIpc) is 3.43. The van der Waals surface area contributed by atoms with Crippen LogP contribution < -0.4 is 11.3 Å². The van der Waals surface area contributed by atoms with Crippen LogP contribution in [-0.2, 0) is 22.4 Å². The lowest BCUT2D eigenvalue weighted by molar-refractivity contribution is -0.402. The molecule has 3 aromatic heterocycles. The maximum atomic E-state index is 11.9. The number of nitrogens with zero attached hydrogens (tertiary/aromatic N) is 5. The maximum Gasteiger partial charge on any atom is 0.433 e. The monoisotopic (exact) mass is 518 g/mol. The summed E-state index contributed by atoms with van der Waals surface area (Å²) in [5.74, 6) is 0.273. The van der Waals surface area contributed by atoms with Crippen molar-refractivity contribution in [3.8, 4) is 0 Å². The number of nitrogens with one attached hydrogen (secondary N) is 1. The largest absolute Gasteiger partial charge is 0.433 e. The number of nitro groups is 1. The van der Waals surface area contributed by atoms with Crippen LogP contribution in [0.1, 0.15) is 18.6 Å². The van der Waals surface area contributed by atoms with Gasteiger partial charge in [-0.2, -0.15) is 14.4 Å². The van der Waals surface area contributed by atoms with E-state index in [-0.39, 0.29) is 36.8 Å². The van der Waals surface area contributed by atoms with Crippen LogP contribution in [0.5, 0.6) is 0 Å². The van der Waals surface area contributed by atoms with Crippen LogP contribution in [0, 0.1) is 10.1 Å². The maximum absolute atomic E-state index is 11.9. The fourth-order valence-electron chi connectivity index (χ4n) is 3.02. The first-order valence-electron chi connectivity index (χ1n) is 10.3. The van der Waals surface area contributed by atoms with Crippen LogP contribution in [-0.4, -0.2) is 66.4 Å². The number of aromatic nitrogens is 4. The van der Waals surface area contributed by atoms with E-state index >= 15 is 0 Å². The summed E-state index contributed by atoms with van der Waals surface area (Å²) in [7, 11) is -1.52. The van der Waals surface area contributed by atoms with Crippen molar-refractivity contribution in [2.24, 2.45) is 0 Å². The molecule has 16 heteroatoms. The smallest absolute Gasteiger partial charge is 0.403 e. The molecule has 3 heterocycles. The van der Waals surface area contributed by atoms with Crippen molar-refractivity contribution >= 4 is 42.5 Å². The summed E-state index contributed by atoms with van der Waals surface area (Å²) in [6.45, 7) is 0.802. The molecule has 0 fully saturated rings. The number of rotatable bonds is 14. The molecule has 0 amide bonds. The van der Waals surface area contributed by atoms with Crippen LogP contribution in [0.2, 0.25) is 0 Å². The molecule has 0 saturated carbocycles. The van der Waals surface area contributed by atoms with Gasteiger partial charge in [0.25, 0.3) is 5.56 Å². The van der Waals surface area contributed by atoms with Crippen molar-refractivity contribution in [3.05, 3.63) is 44.7 Å². The van der Waals surface area contributed by atoms with Crippen LogP contribution in [0.4, 0.5) is 11.8 Å². The fraction of sp³-hybridized carbons (Fsp3) is 0.500. The molecular weight excluding hydrogens is 493 g/mol. The molecule has 34 heavy (non-hydrogen) atoms. The van der Waals surface area contributed by atoms with Gasteiger partial charge in [-0.05, 0) is 18.9 Å². The van der Waals surface area contributed by atoms with Gasteiger partial charge >= 0.3 is 13.8 Å². The summed E-state index contributed by atoms with van der Waals surface area (Å²) in [4.78, 5) is 43.8. The molecule has 0 bridgehead atoms. The van der Waals surface area contributed by atoms with E-state index in [1.54, 1.807) is 16.3 Å². The Labute approximate surface area is 199 Å². The zero-order valence-corrected chi connectivity index (χ0v) is 20.1. The molecule has 186 valence electrons. The van der Waals surface area contributed by atoms with Gasteiger partial charge in [0.2, 0.25) is 12.3 Å². The number of fused-ring (bicyclic) bond motifs is 1. The number of imidazole rings is 1. The number of alkyl halides is 1. The third kappa shape index (κ3) is 6.50. The SMILES string of the molecule is CN(CCCCCl)[P+](O)(COCCn1cnc2c(=O)[nH]c(N)nc21)OCc1ccc([N+](=O)[O-])o1. The van der Waals surface area contributed by atoms with Gasteiger partial charge in [-0.15, -0.1) is 16.3 Å². The summed E-state index contributed by atoms with van der Waals surface area (Å²) >= 11 is 5.74. The lowest BCUT2D eigenvalue weighted by atomic mass is 10.3. The zero-order chi connectivity index (χ0) is 24.7. The van der Waals surface area contributed by atoms with Crippen molar-refractivity contribution in [2.45, 2.75) is 26.0 Å². The molecule has 0 aliphatic heterocycles. The number of halogens is 1. The minimum absolute atomic E-state index is 0.0226. The Bertz CT molecular complexity index is 1170. The number of ether oxygens (including phenoxy) is 1. The predicted molar refractivity (Wildman–Crippen MR) is 125 cm³/mol. The average molecular weight is 519 g/mol. The minimum atomic E-state index is -3.23. The highest BCUT2D eigenvalue weighted by molar-refractivity contribution is 7.62. The Kier molecular flexibility index (Phi) is 8.94. The van der Waals surface area contributed by atoms with E-state index in [2.05, 4.69) is 15.0 Å². The third-order valence-electron chi connectivity index (χ3n) is 4.87. The first-order chi connectivity index (χ1) is 16.2. The molecule has 1 unspecified atom stereocenters. The first-order valence-corrected chi connectivity index (χ1v) is 12.6. The highest BCUT2D eigenvalue weighted by atomic mass is 35.5. The number of unbranched alkanes of at least 4 members (excludes halogenated alkanes) is 1. The highest BCUT2D eigenvalue weighted by Crippen LogP contribution is 2.59. The molecule has 1 atom stereocenters. The Morgan fingerprint density at radius 1 is 1.44 bits per heavy atom. The third-order valence-corrected chi connectivity index (χ3v) is 7.46. The Morgan fingerprint density at radius 3 is 2.94 bits per heavy atom. The number of H-pyrrole nitrogens is 1. The van der Waals surface area contributed by atoms with E-state index in [9.17, 15) is 19.8 Å². The van der Waals surface area contributed by atoms with Gasteiger partial charge < -0.3 is 19.5 Å². The highest BCUT2D eigenvalue weighted by Gasteiger charge is 2.44. The molecule has 0 aliphatic rings.